The van der Waals surface area contributed by atoms with Gasteiger partial charge in [0, 0.05) is 6.21 Å². The van der Waals surface area contributed by atoms with Crippen LogP contribution in [0, 0.1) is 5.41 Å². The van der Waals surface area contributed by atoms with Gasteiger partial charge >= 0.3 is 0 Å². The van der Waals surface area contributed by atoms with E-state index in [1.165, 1.54) is 6.21 Å². The summed E-state index contributed by atoms with van der Waals surface area (Å²) in [4.78, 5) is 0. The Kier molecular flexibility index (Phi) is 99.3. The maximum absolute atomic E-state index is 8.04. The number of allylic oxidation sites excluding steroid dienone is 8. The van der Waals surface area contributed by atoms with Gasteiger partial charge in [-0.25, -0.2) is 0 Å². The van der Waals surface area contributed by atoms with Crippen LogP contribution in [0.25, 0.3) is 0 Å². The number of aliphatic hydroxyl groups is 1. The lowest BCUT2D eigenvalue weighted by Gasteiger charge is -1.79. The van der Waals surface area contributed by atoms with Gasteiger partial charge in [-0.15, -0.1) is 6.58 Å². The maximum atomic E-state index is 8.04. The van der Waals surface area contributed by atoms with E-state index in [0.29, 0.717) is 0 Å². The monoisotopic (exact) mass is 367 g/mol. The molecule has 2 N–H and O–H groups in total. The van der Waals surface area contributed by atoms with Crippen LogP contribution >= 0.6 is 0 Å². The number of hydrogen-bond acceptors (Lipinski definition) is 3. The summed E-state index contributed by atoms with van der Waals surface area (Å²) in [6.45, 7) is 22.4. The van der Waals surface area contributed by atoms with Crippen LogP contribution in [0.1, 0.15) is 55.4 Å². The fraction of sp³-hybridized carbons (Fsp3) is 0.435. The van der Waals surface area contributed by atoms with Crippen LogP contribution in [0.4, 0.5) is 0 Å². The van der Waals surface area contributed by atoms with Gasteiger partial charge in [0.05, 0.1) is 20.0 Å². The van der Waals surface area contributed by atoms with Crippen molar-refractivity contribution in [3.05, 3.63) is 73.6 Å². The lowest BCUT2D eigenvalue weighted by molar-refractivity contribution is 0.332. The van der Waals surface area contributed by atoms with E-state index in [-0.39, 0.29) is 6.61 Å². The molecule has 0 atom stereocenters. The van der Waals surface area contributed by atoms with Crippen molar-refractivity contribution >= 4 is 6.21 Å². The fourth-order valence-electron chi connectivity index (χ4n) is 0.367. The molecule has 3 heteroatoms. The number of nitrogens with one attached hydrogen (secondary N) is 1. The molecule has 0 unspecified atom stereocenters. The van der Waals surface area contributed by atoms with Crippen LogP contribution in [0.15, 0.2) is 73.6 Å². The van der Waals surface area contributed by atoms with Gasteiger partial charge in [-0.1, -0.05) is 68.5 Å². The summed E-state index contributed by atoms with van der Waals surface area (Å²) < 4.78 is 4.51. The molecule has 0 fully saturated rings. The molecule has 154 valence electrons. The highest BCUT2D eigenvalue weighted by Gasteiger charge is 1.69. The molecule has 26 heavy (non-hydrogen) atoms. The number of aliphatic hydroxyl groups excluding tert-OH is 1. The molecular weight excluding hydrogens is 322 g/mol. The molecular formula is C23H45NO2. The Labute approximate surface area is 164 Å². The van der Waals surface area contributed by atoms with Crippen LogP contribution in [0.2, 0.25) is 0 Å². The largest absolute Gasteiger partial charge is 0.505 e. The summed E-state index contributed by atoms with van der Waals surface area (Å²) >= 11 is 0. The van der Waals surface area contributed by atoms with Crippen molar-refractivity contribution in [1.29, 1.82) is 5.41 Å². The van der Waals surface area contributed by atoms with E-state index in [1.807, 2.05) is 84.9 Å². The lowest BCUT2D eigenvalue weighted by atomic mass is 10.4. The standard InChI is InChI=1S/C6H9N.2C4H8O.C4H8.C3H6.C2H6/c1-2-3-4-5-6-7;1-4(2)3-5;1-3-4-5-2;1-3-4-2;1-3-2;1-2/h2-7H,1H3;5H,1,3H2,2H3;3-4H,1-2H3;3-4H,1-2H3;3H,1H2,2H3;1-2H3/b3-2+,5-4-,7-6?;;4-3+;4-3-;;. The van der Waals surface area contributed by atoms with E-state index in [0.717, 1.165) is 5.57 Å². The van der Waals surface area contributed by atoms with Gasteiger partial charge in [0.15, 0.2) is 0 Å². The molecule has 0 saturated heterocycles. The normalized spacial score (nSPS) is 8.38. The zero-order chi connectivity index (χ0) is 22.1. The third kappa shape index (κ3) is 202. The molecule has 0 heterocycles. The zero-order valence-electron chi connectivity index (χ0n) is 18.8. The van der Waals surface area contributed by atoms with Crippen LogP contribution < -0.4 is 0 Å². The Morgan fingerprint density at radius 2 is 1.31 bits per heavy atom. The number of ether oxygens (including phenoxy) is 1. The Hall–Kier alpha value is -2.13. The van der Waals surface area contributed by atoms with Crippen molar-refractivity contribution in [2.45, 2.75) is 55.4 Å². The van der Waals surface area contributed by atoms with E-state index in [1.54, 1.807) is 32.4 Å². The Bertz CT molecular complexity index is 334. The summed E-state index contributed by atoms with van der Waals surface area (Å²) in [7, 11) is 1.62. The Morgan fingerprint density at radius 3 is 1.42 bits per heavy atom. The van der Waals surface area contributed by atoms with Crippen LogP contribution in [-0.2, 0) is 4.74 Å². The van der Waals surface area contributed by atoms with Crippen LogP contribution in [-0.4, -0.2) is 25.0 Å². The quantitative estimate of drug-likeness (QED) is 0.237. The Balaban J connectivity index is -0.0000000481. The predicted octanol–water partition coefficient (Wildman–Crippen LogP) is 7.29. The van der Waals surface area contributed by atoms with Gasteiger partial charge in [0.2, 0.25) is 0 Å². The van der Waals surface area contributed by atoms with Gasteiger partial charge in [-0.2, -0.15) is 0 Å². The molecule has 0 aromatic carbocycles. The number of methoxy groups -OCH3 is 1. The SMILES string of the molecule is C/C=C/C=C\C=N.C/C=C/OC.C/C=C\C.C=C(C)CO.C=CC.CC. The first-order chi connectivity index (χ1) is 12.4. The average Bonchev–Trinajstić information content (AvgIpc) is 2.66. The highest BCUT2D eigenvalue weighted by Crippen LogP contribution is 1.76. The van der Waals surface area contributed by atoms with E-state index >= 15 is 0 Å². The summed E-state index contributed by atoms with van der Waals surface area (Å²) in [5, 5.41) is 14.6. The molecule has 0 aliphatic rings. The molecule has 3 nitrogen and oxygen atoms in total. The summed E-state index contributed by atoms with van der Waals surface area (Å²) in [5.74, 6) is 0. The fourth-order valence-corrected chi connectivity index (χ4v) is 0.367. The third-order valence-electron chi connectivity index (χ3n) is 1.39. The number of rotatable bonds is 4. The van der Waals surface area contributed by atoms with Crippen molar-refractivity contribution < 1.29 is 9.84 Å². The Morgan fingerprint density at radius 1 is 0.923 bits per heavy atom. The first kappa shape index (κ1) is 39.1. The van der Waals surface area contributed by atoms with Crippen molar-refractivity contribution in [1.82, 2.24) is 0 Å². The summed E-state index contributed by atoms with van der Waals surface area (Å²) in [5.41, 5.74) is 0.810. The topological polar surface area (TPSA) is 53.3 Å². The third-order valence-corrected chi connectivity index (χ3v) is 1.39. The molecule has 0 rings (SSSR count). The second-order valence-electron chi connectivity index (χ2n) is 3.97. The van der Waals surface area contributed by atoms with Crippen molar-refractivity contribution in [3.8, 4) is 0 Å². The van der Waals surface area contributed by atoms with Gasteiger partial charge in [-0.3, -0.25) is 0 Å². The first-order valence-electron chi connectivity index (χ1n) is 8.75. The summed E-state index contributed by atoms with van der Waals surface area (Å²) in [6, 6.07) is 0. The molecule has 0 aromatic rings. The van der Waals surface area contributed by atoms with Crippen molar-refractivity contribution in [2.75, 3.05) is 13.7 Å². The highest BCUT2D eigenvalue weighted by molar-refractivity contribution is 5.67. The van der Waals surface area contributed by atoms with E-state index in [2.05, 4.69) is 17.9 Å². The molecule has 0 spiro atoms. The average molecular weight is 368 g/mol. The molecule has 0 bridgehead atoms. The molecule has 0 radical (unpaired) electrons. The number of hydrogen-bond donors (Lipinski definition) is 2. The van der Waals surface area contributed by atoms with Crippen LogP contribution in [0.5, 0.6) is 0 Å². The molecule has 0 saturated carbocycles. The van der Waals surface area contributed by atoms with Crippen molar-refractivity contribution in [2.24, 2.45) is 0 Å². The maximum Gasteiger partial charge on any atom is 0.0781 e. The molecule has 0 aliphatic heterocycles. The van der Waals surface area contributed by atoms with Gasteiger partial charge < -0.3 is 15.3 Å². The smallest absolute Gasteiger partial charge is 0.0781 e. The molecule has 0 aromatic heterocycles. The van der Waals surface area contributed by atoms with Gasteiger partial charge in [-0.05, 0) is 47.6 Å². The highest BCUT2D eigenvalue weighted by atomic mass is 16.5. The minimum atomic E-state index is 0.111. The second kappa shape index (κ2) is 66.0. The van der Waals surface area contributed by atoms with E-state index < -0.39 is 0 Å². The molecule has 0 aliphatic carbocycles. The van der Waals surface area contributed by atoms with Crippen LogP contribution in [0.3, 0.4) is 0 Å². The zero-order valence-corrected chi connectivity index (χ0v) is 18.8. The van der Waals surface area contributed by atoms with Gasteiger partial charge in [0.1, 0.15) is 0 Å². The van der Waals surface area contributed by atoms with Crippen molar-refractivity contribution in [3.63, 3.8) is 0 Å². The molecule has 0 amide bonds. The predicted molar refractivity (Wildman–Crippen MR) is 124 cm³/mol. The van der Waals surface area contributed by atoms with E-state index in [9.17, 15) is 0 Å². The summed E-state index contributed by atoms with van der Waals surface area (Å²) in [6.07, 6.45) is 17.7. The van der Waals surface area contributed by atoms with E-state index in [4.69, 9.17) is 10.5 Å². The second-order valence-corrected chi connectivity index (χ2v) is 3.97. The minimum Gasteiger partial charge on any atom is -0.505 e. The lowest BCUT2D eigenvalue weighted by Crippen LogP contribution is -1.76. The minimum absolute atomic E-state index is 0.111. The van der Waals surface area contributed by atoms with Gasteiger partial charge in [0.25, 0.3) is 0 Å². The first-order valence-corrected chi connectivity index (χ1v) is 8.75.